The van der Waals surface area contributed by atoms with Crippen molar-refractivity contribution in [1.29, 1.82) is 0 Å². The molecule has 1 atom stereocenters. The number of hydrogen-bond donors (Lipinski definition) is 2. The fourth-order valence-corrected chi connectivity index (χ4v) is 2.56. The molecule has 2 aromatic carbocycles. The Morgan fingerprint density at radius 3 is 2.84 bits per heavy atom. The number of para-hydroxylation sites is 1. The van der Waals surface area contributed by atoms with Gasteiger partial charge in [-0.25, -0.2) is 4.79 Å². The average Bonchev–Trinajstić information content (AvgIpc) is 3.07. The molecule has 2 N–H and O–H groups in total. The summed E-state index contributed by atoms with van der Waals surface area (Å²) in [5.74, 6) is 2.27. The van der Waals surface area contributed by atoms with Crippen LogP contribution in [-0.4, -0.2) is 26.0 Å². The summed E-state index contributed by atoms with van der Waals surface area (Å²) < 4.78 is 16.3. The van der Waals surface area contributed by atoms with E-state index in [1.165, 1.54) is 0 Å². The fraction of sp³-hybridized carbons (Fsp3) is 0.316. The molecule has 0 saturated carbocycles. The molecule has 1 heterocycles. The predicted octanol–water partition coefficient (Wildman–Crippen LogP) is 3.16. The van der Waals surface area contributed by atoms with Crippen molar-refractivity contribution in [2.24, 2.45) is 0 Å². The van der Waals surface area contributed by atoms with Crippen LogP contribution >= 0.6 is 0 Å². The average molecular weight is 342 g/mol. The number of fused-ring (bicyclic) bond motifs is 1. The monoisotopic (exact) mass is 342 g/mol. The first-order valence-electron chi connectivity index (χ1n) is 8.26. The summed E-state index contributed by atoms with van der Waals surface area (Å²) in [4.78, 5) is 12.0. The van der Waals surface area contributed by atoms with E-state index >= 15 is 0 Å². The first-order chi connectivity index (χ1) is 12.1. The summed E-state index contributed by atoms with van der Waals surface area (Å²) >= 11 is 0. The van der Waals surface area contributed by atoms with Gasteiger partial charge in [-0.05, 0) is 43.2 Å². The zero-order valence-electron chi connectivity index (χ0n) is 14.4. The Kier molecular flexibility index (Phi) is 5.28. The SMILES string of the molecule is Cc1ccccc1OCCNC(=O)N[C@@H](C)c1ccc2c(c1)OCO2. The topological polar surface area (TPSA) is 68.8 Å². The van der Waals surface area contributed by atoms with Crippen molar-refractivity contribution < 1.29 is 19.0 Å². The molecule has 0 bridgehead atoms. The van der Waals surface area contributed by atoms with E-state index < -0.39 is 0 Å². The Bertz CT molecular complexity index is 748. The molecule has 3 rings (SSSR count). The molecule has 0 fully saturated rings. The Morgan fingerprint density at radius 2 is 2.00 bits per heavy atom. The van der Waals surface area contributed by atoms with Crippen LogP contribution in [0.3, 0.4) is 0 Å². The predicted molar refractivity (Wildman–Crippen MR) is 94.2 cm³/mol. The minimum atomic E-state index is -0.237. The van der Waals surface area contributed by atoms with Gasteiger partial charge in [-0.1, -0.05) is 24.3 Å². The van der Waals surface area contributed by atoms with Gasteiger partial charge < -0.3 is 24.8 Å². The lowest BCUT2D eigenvalue weighted by Gasteiger charge is -2.16. The quantitative estimate of drug-likeness (QED) is 0.791. The van der Waals surface area contributed by atoms with Crippen LogP contribution in [-0.2, 0) is 0 Å². The number of benzene rings is 2. The minimum absolute atomic E-state index is 0.146. The molecule has 132 valence electrons. The van der Waals surface area contributed by atoms with E-state index in [1.807, 2.05) is 56.3 Å². The zero-order valence-corrected chi connectivity index (χ0v) is 14.4. The van der Waals surface area contributed by atoms with Gasteiger partial charge in [-0.15, -0.1) is 0 Å². The molecule has 0 aliphatic carbocycles. The Hall–Kier alpha value is -2.89. The van der Waals surface area contributed by atoms with Crippen LogP contribution in [0.25, 0.3) is 0 Å². The van der Waals surface area contributed by atoms with Gasteiger partial charge in [-0.2, -0.15) is 0 Å². The van der Waals surface area contributed by atoms with E-state index in [2.05, 4.69) is 10.6 Å². The van der Waals surface area contributed by atoms with Crippen molar-refractivity contribution >= 4 is 6.03 Å². The second-order valence-corrected chi connectivity index (χ2v) is 5.85. The van der Waals surface area contributed by atoms with Crippen molar-refractivity contribution in [1.82, 2.24) is 10.6 Å². The molecule has 1 aliphatic heterocycles. The molecule has 1 aliphatic rings. The third-order valence-corrected chi connectivity index (χ3v) is 3.98. The highest BCUT2D eigenvalue weighted by atomic mass is 16.7. The van der Waals surface area contributed by atoms with Crippen LogP contribution in [0.5, 0.6) is 17.2 Å². The van der Waals surface area contributed by atoms with Crippen molar-refractivity contribution in [3.8, 4) is 17.2 Å². The maximum absolute atomic E-state index is 12.0. The highest BCUT2D eigenvalue weighted by Crippen LogP contribution is 2.34. The first-order valence-corrected chi connectivity index (χ1v) is 8.26. The van der Waals surface area contributed by atoms with Gasteiger partial charge in [0.15, 0.2) is 11.5 Å². The summed E-state index contributed by atoms with van der Waals surface area (Å²) in [6.07, 6.45) is 0. The lowest BCUT2D eigenvalue weighted by atomic mass is 10.1. The van der Waals surface area contributed by atoms with Gasteiger partial charge in [0.2, 0.25) is 6.79 Å². The molecule has 6 nitrogen and oxygen atoms in total. The smallest absolute Gasteiger partial charge is 0.315 e. The second-order valence-electron chi connectivity index (χ2n) is 5.85. The van der Waals surface area contributed by atoms with E-state index in [1.54, 1.807) is 0 Å². The van der Waals surface area contributed by atoms with Crippen LogP contribution in [0, 0.1) is 6.92 Å². The van der Waals surface area contributed by atoms with Crippen LogP contribution in [0.4, 0.5) is 4.79 Å². The number of ether oxygens (including phenoxy) is 3. The van der Waals surface area contributed by atoms with Crippen LogP contribution in [0.2, 0.25) is 0 Å². The molecule has 0 radical (unpaired) electrons. The number of hydrogen-bond acceptors (Lipinski definition) is 4. The van der Waals surface area contributed by atoms with Gasteiger partial charge in [0.25, 0.3) is 0 Å². The van der Waals surface area contributed by atoms with Crippen molar-refractivity contribution in [2.75, 3.05) is 19.9 Å². The molecule has 2 aromatic rings. The minimum Gasteiger partial charge on any atom is -0.491 e. The molecule has 2 amide bonds. The van der Waals surface area contributed by atoms with Crippen LogP contribution in [0.15, 0.2) is 42.5 Å². The Balaban J connectivity index is 1.42. The summed E-state index contributed by atoms with van der Waals surface area (Å²) in [5, 5.41) is 5.69. The lowest BCUT2D eigenvalue weighted by molar-refractivity contribution is 0.174. The van der Waals surface area contributed by atoms with Crippen molar-refractivity contribution in [3.63, 3.8) is 0 Å². The molecule has 25 heavy (non-hydrogen) atoms. The third-order valence-electron chi connectivity index (χ3n) is 3.98. The molecule has 6 heteroatoms. The normalized spacial score (nSPS) is 13.2. The maximum Gasteiger partial charge on any atom is 0.315 e. The Labute approximate surface area is 147 Å². The lowest BCUT2D eigenvalue weighted by Crippen LogP contribution is -2.39. The van der Waals surface area contributed by atoms with E-state index in [0.717, 1.165) is 22.6 Å². The number of carbonyl (C=O) groups excluding carboxylic acids is 1. The number of amides is 2. The van der Waals surface area contributed by atoms with E-state index in [0.29, 0.717) is 18.9 Å². The van der Waals surface area contributed by atoms with Crippen LogP contribution < -0.4 is 24.8 Å². The summed E-state index contributed by atoms with van der Waals surface area (Å²) in [5.41, 5.74) is 2.03. The Morgan fingerprint density at radius 1 is 1.20 bits per heavy atom. The summed E-state index contributed by atoms with van der Waals surface area (Å²) in [6, 6.07) is 13.1. The highest BCUT2D eigenvalue weighted by molar-refractivity contribution is 5.74. The molecule has 0 saturated heterocycles. The van der Waals surface area contributed by atoms with E-state index in [9.17, 15) is 4.79 Å². The summed E-state index contributed by atoms with van der Waals surface area (Å²) in [7, 11) is 0. The number of nitrogens with one attached hydrogen (secondary N) is 2. The van der Waals surface area contributed by atoms with Crippen molar-refractivity contribution in [2.45, 2.75) is 19.9 Å². The van der Waals surface area contributed by atoms with E-state index in [-0.39, 0.29) is 18.9 Å². The largest absolute Gasteiger partial charge is 0.491 e. The van der Waals surface area contributed by atoms with Crippen LogP contribution in [0.1, 0.15) is 24.1 Å². The first kappa shape index (κ1) is 17.0. The number of carbonyl (C=O) groups is 1. The van der Waals surface area contributed by atoms with Gasteiger partial charge in [0.1, 0.15) is 12.4 Å². The number of urea groups is 1. The highest BCUT2D eigenvalue weighted by Gasteiger charge is 2.16. The van der Waals surface area contributed by atoms with E-state index in [4.69, 9.17) is 14.2 Å². The number of aryl methyl sites for hydroxylation is 1. The maximum atomic E-state index is 12.0. The standard InChI is InChI=1S/C19H22N2O4/c1-13-5-3-4-6-16(13)23-10-9-20-19(22)21-14(2)15-7-8-17-18(11-15)25-12-24-17/h3-8,11,14H,9-10,12H2,1-2H3,(H2,20,21,22)/t14-/m0/s1. The fourth-order valence-electron chi connectivity index (χ4n) is 2.56. The van der Waals surface area contributed by atoms with Gasteiger partial charge >= 0.3 is 6.03 Å². The summed E-state index contributed by atoms with van der Waals surface area (Å²) in [6.45, 7) is 4.98. The molecular weight excluding hydrogens is 320 g/mol. The zero-order chi connectivity index (χ0) is 17.6. The number of rotatable bonds is 6. The molecule has 0 unspecified atom stereocenters. The van der Waals surface area contributed by atoms with Crippen molar-refractivity contribution in [3.05, 3.63) is 53.6 Å². The molecular formula is C19H22N2O4. The van der Waals surface area contributed by atoms with Gasteiger partial charge in [0.05, 0.1) is 12.6 Å². The molecule has 0 aromatic heterocycles. The van der Waals surface area contributed by atoms with Gasteiger partial charge in [0, 0.05) is 0 Å². The molecule has 0 spiro atoms. The third kappa shape index (κ3) is 4.35. The second kappa shape index (κ2) is 7.79. The van der Waals surface area contributed by atoms with Gasteiger partial charge in [-0.3, -0.25) is 0 Å².